The summed E-state index contributed by atoms with van der Waals surface area (Å²) >= 11 is -3.29. The van der Waals surface area contributed by atoms with Gasteiger partial charge in [-0.3, -0.25) is 0 Å². The molecule has 5 heavy (non-hydrogen) atoms. The van der Waals surface area contributed by atoms with Gasteiger partial charge in [0.1, 0.15) is 0 Å². The van der Waals surface area contributed by atoms with Gasteiger partial charge in [-0.15, -0.1) is 0 Å². The van der Waals surface area contributed by atoms with Gasteiger partial charge >= 0.3 is 26.7 Å². The number of hydrogen-bond acceptors (Lipinski definition) is 1. The molecule has 0 spiro atoms. The molecule has 0 aliphatic heterocycles. The van der Waals surface area contributed by atoms with Crippen LogP contribution in [0.2, 0.25) is 0 Å². The standard InChI is InChI=1S/Ce.H2O3Se/c;1-4(2)3/h;(H2,1,2,3). The third-order valence-corrected chi connectivity index (χ3v) is 0. The maximum Gasteiger partial charge on any atom is 0 e. The summed E-state index contributed by atoms with van der Waals surface area (Å²) in [5.41, 5.74) is 0. The zero-order valence-corrected chi connectivity index (χ0v) is 7.06. The van der Waals surface area contributed by atoms with Crippen molar-refractivity contribution >= 4 is 14.5 Å². The predicted octanol–water partition coefficient (Wildman–Crippen LogP) is -1.61. The van der Waals surface area contributed by atoms with Crippen molar-refractivity contribution in [1.29, 1.82) is 0 Å². The van der Waals surface area contributed by atoms with Gasteiger partial charge in [-0.1, -0.05) is 0 Å². The summed E-state index contributed by atoms with van der Waals surface area (Å²) in [5, 5.41) is 0. The van der Waals surface area contributed by atoms with E-state index in [1.54, 1.807) is 0 Å². The van der Waals surface area contributed by atoms with Crippen LogP contribution >= 0.6 is 0 Å². The smallest absolute Gasteiger partial charge is 0 e. The molecular weight excluding hydrogens is 267 g/mol. The zero-order valence-electron chi connectivity index (χ0n) is 2.21. The second-order valence-electron chi connectivity index (χ2n) is 0.231. The van der Waals surface area contributed by atoms with Crippen LogP contribution in [0.5, 0.6) is 0 Å². The molecule has 0 bridgehead atoms. The Bertz CT molecular complexity index is 29.9. The molecular formula is H2CeO3Se. The van der Waals surface area contributed by atoms with Crippen molar-refractivity contribution in [3.05, 3.63) is 0 Å². The Morgan fingerprint density at radius 3 is 1.40 bits per heavy atom. The van der Waals surface area contributed by atoms with Crippen LogP contribution in [0.4, 0.5) is 0 Å². The third-order valence-electron chi connectivity index (χ3n) is 0. The minimum atomic E-state index is -3.29. The summed E-state index contributed by atoms with van der Waals surface area (Å²) in [5.74, 6) is 0. The van der Waals surface area contributed by atoms with Crippen LogP contribution in [0.3, 0.4) is 0 Å². The Hall–Kier alpha value is 1.62. The first-order valence-electron chi connectivity index (χ1n) is 0.532. The van der Waals surface area contributed by atoms with E-state index < -0.39 is 14.5 Å². The summed E-state index contributed by atoms with van der Waals surface area (Å²) < 4.78 is 23.1. The summed E-state index contributed by atoms with van der Waals surface area (Å²) in [6.45, 7) is 0. The largest absolute Gasteiger partial charge is 0 e. The van der Waals surface area contributed by atoms with E-state index >= 15 is 0 Å². The topological polar surface area (TPSA) is 57.5 Å². The van der Waals surface area contributed by atoms with Crippen molar-refractivity contribution in [2.45, 2.75) is 0 Å². The molecule has 0 aromatic heterocycles. The summed E-state index contributed by atoms with van der Waals surface area (Å²) in [6.07, 6.45) is 0. The first-order chi connectivity index (χ1) is 1.73. The fourth-order valence-corrected chi connectivity index (χ4v) is 0. The molecule has 0 fully saturated rings. The van der Waals surface area contributed by atoms with Gasteiger partial charge in [0.15, 0.2) is 0 Å². The molecule has 0 amide bonds. The van der Waals surface area contributed by atoms with Gasteiger partial charge in [0.25, 0.3) is 0 Å². The van der Waals surface area contributed by atoms with Crippen LogP contribution < -0.4 is 0 Å². The van der Waals surface area contributed by atoms with Gasteiger partial charge in [-0.05, 0) is 0 Å². The minimum Gasteiger partial charge on any atom is 0 e. The monoisotopic (exact) mass is 270 g/mol. The molecule has 0 saturated heterocycles. The molecule has 5 heteroatoms. The Balaban J connectivity index is 0. The van der Waals surface area contributed by atoms with Crippen molar-refractivity contribution in [3.8, 4) is 0 Å². The van der Waals surface area contributed by atoms with Crippen LogP contribution in [0, 0.1) is 41.7 Å². The average molecular weight is 269 g/mol. The van der Waals surface area contributed by atoms with E-state index in [9.17, 15) is 0 Å². The number of hydrogen-bond donors (Lipinski definition) is 2. The van der Waals surface area contributed by atoms with E-state index in [4.69, 9.17) is 12.2 Å². The molecule has 0 saturated carbocycles. The Kier molecular flexibility index (Phi) is 11.0. The molecule has 3 nitrogen and oxygen atoms in total. The zero-order chi connectivity index (χ0) is 3.58. The van der Waals surface area contributed by atoms with E-state index in [2.05, 4.69) is 0 Å². The second-order valence-corrected chi connectivity index (χ2v) is 1.20. The Labute approximate surface area is 67.5 Å². The molecule has 0 unspecified atom stereocenters. The van der Waals surface area contributed by atoms with E-state index in [0.29, 0.717) is 0 Å². The van der Waals surface area contributed by atoms with Crippen LogP contribution in [-0.2, 0) is 3.83 Å². The fourth-order valence-electron chi connectivity index (χ4n) is 0. The summed E-state index contributed by atoms with van der Waals surface area (Å²) in [7, 11) is 0. The van der Waals surface area contributed by atoms with E-state index in [0.717, 1.165) is 0 Å². The van der Waals surface area contributed by atoms with Crippen molar-refractivity contribution in [3.63, 3.8) is 0 Å². The van der Waals surface area contributed by atoms with Gasteiger partial charge < -0.3 is 0 Å². The van der Waals surface area contributed by atoms with Crippen LogP contribution in [0.15, 0.2) is 0 Å². The minimum absolute atomic E-state index is 0. The molecule has 0 aliphatic carbocycles. The van der Waals surface area contributed by atoms with Gasteiger partial charge in [-0.25, -0.2) is 0 Å². The van der Waals surface area contributed by atoms with Crippen molar-refractivity contribution in [1.82, 2.24) is 0 Å². The molecule has 30 valence electrons. The first kappa shape index (κ1) is 9.79. The third kappa shape index (κ3) is 28.1. The number of rotatable bonds is 0. The second kappa shape index (κ2) is 5.62. The molecule has 0 atom stereocenters. The SMILES string of the molecule is O=[Se](O)O.[Ce]. The molecule has 0 aromatic carbocycles. The van der Waals surface area contributed by atoms with Crippen molar-refractivity contribution in [2.24, 2.45) is 0 Å². The molecule has 0 heterocycles. The maximum atomic E-state index is 8.76. The Morgan fingerprint density at radius 1 is 1.40 bits per heavy atom. The van der Waals surface area contributed by atoms with Crippen molar-refractivity contribution < 1.29 is 54.0 Å². The molecule has 0 radical (unpaired) electrons. The van der Waals surface area contributed by atoms with Crippen LogP contribution in [0.25, 0.3) is 0 Å². The fraction of sp³-hybridized carbons (Fsp3) is 0. The van der Waals surface area contributed by atoms with E-state index in [1.165, 1.54) is 0 Å². The maximum absolute atomic E-state index is 8.76. The molecule has 0 aliphatic rings. The Morgan fingerprint density at radius 2 is 1.40 bits per heavy atom. The predicted molar refractivity (Wildman–Crippen MR) is 10.9 cm³/mol. The normalized spacial score (nSPS) is 7.00. The molecule has 0 aromatic rings. The van der Waals surface area contributed by atoms with Crippen LogP contribution in [0.1, 0.15) is 0 Å². The first-order valence-corrected chi connectivity index (χ1v) is 2.76. The molecule has 2 N–H and O–H groups in total. The van der Waals surface area contributed by atoms with Gasteiger partial charge in [-0.2, -0.15) is 0 Å². The van der Waals surface area contributed by atoms with Gasteiger partial charge in [0, 0.05) is 41.7 Å². The van der Waals surface area contributed by atoms with Gasteiger partial charge in [0.05, 0.1) is 0 Å². The summed E-state index contributed by atoms with van der Waals surface area (Å²) in [6, 6.07) is 0. The van der Waals surface area contributed by atoms with Gasteiger partial charge in [0.2, 0.25) is 0 Å². The van der Waals surface area contributed by atoms with E-state index in [1.807, 2.05) is 0 Å². The summed E-state index contributed by atoms with van der Waals surface area (Å²) in [4.78, 5) is 0. The molecule has 0 rings (SSSR count). The van der Waals surface area contributed by atoms with E-state index in [-0.39, 0.29) is 41.7 Å². The average Bonchev–Trinajstić information content (AvgIpc) is 0.811. The van der Waals surface area contributed by atoms with Crippen LogP contribution in [-0.4, -0.2) is 22.9 Å². The van der Waals surface area contributed by atoms with Crippen molar-refractivity contribution in [2.75, 3.05) is 0 Å². The quantitative estimate of drug-likeness (QED) is 0.520.